The average molecular weight is 541 g/mol. The molecule has 0 spiro atoms. The third-order valence-corrected chi connectivity index (χ3v) is 8.97. The van der Waals surface area contributed by atoms with Crippen LogP contribution in [0.2, 0.25) is 0 Å². The third kappa shape index (κ3) is 5.80. The van der Waals surface area contributed by atoms with Crippen LogP contribution in [0.15, 0.2) is 35.9 Å². The number of hydrogen-bond acceptors (Lipinski definition) is 4. The molecule has 38 heavy (non-hydrogen) atoms. The Labute approximate surface area is 220 Å². The van der Waals surface area contributed by atoms with Crippen LogP contribution in [0.25, 0.3) is 11.4 Å². The van der Waals surface area contributed by atoms with Gasteiger partial charge in [0, 0.05) is 12.0 Å². The van der Waals surface area contributed by atoms with Crippen LogP contribution in [0.5, 0.6) is 0 Å². The van der Waals surface area contributed by atoms with Crippen molar-refractivity contribution in [3.63, 3.8) is 0 Å². The molecule has 2 fully saturated rings. The molecule has 2 aliphatic rings. The van der Waals surface area contributed by atoms with E-state index in [0.717, 1.165) is 44.2 Å². The maximum absolute atomic E-state index is 14.4. The zero-order chi connectivity index (χ0) is 27.9. The minimum absolute atomic E-state index is 0.0364. The molecule has 10 heteroatoms. The SMILES string of the molecule is C[C@H](CCC(F)(F)C(C)(C)O)[C@H]1CC[C@H]2/C(=C/Cn3nnc(-c4ccc(C(F)(F)F)cc4)n3)CCC[C@]12C. The number of hydrogen-bond donors (Lipinski definition) is 1. The molecule has 4 rings (SSSR count). The molecule has 4 atom stereocenters. The summed E-state index contributed by atoms with van der Waals surface area (Å²) in [6.45, 7) is 7.11. The molecule has 0 amide bonds. The second-order valence-corrected chi connectivity index (χ2v) is 11.9. The van der Waals surface area contributed by atoms with Gasteiger partial charge in [0.05, 0.1) is 12.1 Å². The number of nitrogens with zero attached hydrogens (tertiary/aromatic N) is 4. The fourth-order valence-electron chi connectivity index (χ4n) is 6.62. The maximum atomic E-state index is 14.4. The highest BCUT2D eigenvalue weighted by molar-refractivity contribution is 5.54. The number of aromatic nitrogens is 4. The second kappa shape index (κ2) is 10.3. The molecule has 1 N–H and O–H groups in total. The van der Waals surface area contributed by atoms with Crippen molar-refractivity contribution in [2.45, 2.75) is 96.9 Å². The molecule has 1 heterocycles. The molecule has 5 nitrogen and oxygen atoms in total. The summed E-state index contributed by atoms with van der Waals surface area (Å²) in [5.41, 5.74) is -0.922. The van der Waals surface area contributed by atoms with Gasteiger partial charge >= 0.3 is 6.18 Å². The predicted molar refractivity (Wildman–Crippen MR) is 134 cm³/mol. The fraction of sp³-hybridized carbons (Fsp3) is 0.679. The molecule has 0 aliphatic heterocycles. The number of halogens is 5. The van der Waals surface area contributed by atoms with Crippen LogP contribution in [0.4, 0.5) is 22.0 Å². The van der Waals surface area contributed by atoms with Crippen molar-refractivity contribution < 1.29 is 27.1 Å². The van der Waals surface area contributed by atoms with E-state index in [2.05, 4.69) is 35.3 Å². The standard InChI is InChI=1S/C28H37F5N4O/c1-18(13-16-27(29,30)25(2,3)38)22-11-12-23-19(6-5-15-26(22,23)4)14-17-37-35-24(34-36-37)20-7-9-21(10-8-20)28(31,32)33/h7-10,14,18,22-23,38H,5-6,11-13,15-17H2,1-4H3/b19-14+/t18-,22-,23+,26-/m1/s1. The van der Waals surface area contributed by atoms with Gasteiger partial charge in [-0.25, -0.2) is 8.78 Å². The summed E-state index contributed by atoms with van der Waals surface area (Å²) in [6, 6.07) is 4.69. The average Bonchev–Trinajstić information content (AvgIpc) is 3.44. The van der Waals surface area contributed by atoms with E-state index >= 15 is 0 Å². The monoisotopic (exact) mass is 540 g/mol. The highest BCUT2D eigenvalue weighted by Crippen LogP contribution is 2.60. The lowest BCUT2D eigenvalue weighted by atomic mass is 9.60. The van der Waals surface area contributed by atoms with Crippen LogP contribution in [0, 0.1) is 23.2 Å². The topological polar surface area (TPSA) is 63.8 Å². The number of fused-ring (bicyclic) bond motifs is 1. The molecular weight excluding hydrogens is 503 g/mol. The zero-order valence-corrected chi connectivity index (χ0v) is 22.4. The molecule has 0 unspecified atom stereocenters. The van der Waals surface area contributed by atoms with Crippen molar-refractivity contribution in [2.24, 2.45) is 23.2 Å². The van der Waals surface area contributed by atoms with Crippen molar-refractivity contribution in [2.75, 3.05) is 0 Å². The number of aliphatic hydroxyl groups is 1. The number of allylic oxidation sites excluding steroid dienone is 2. The number of tetrazole rings is 1. The van der Waals surface area contributed by atoms with Crippen LogP contribution in [-0.4, -0.2) is 36.8 Å². The van der Waals surface area contributed by atoms with E-state index in [9.17, 15) is 27.1 Å². The maximum Gasteiger partial charge on any atom is 0.416 e. The highest BCUT2D eigenvalue weighted by atomic mass is 19.4. The van der Waals surface area contributed by atoms with E-state index < -0.39 is 23.3 Å². The molecular formula is C28H37F5N4O. The Hall–Kier alpha value is -2.36. The van der Waals surface area contributed by atoms with Crippen molar-refractivity contribution in [1.29, 1.82) is 0 Å². The molecule has 0 radical (unpaired) electrons. The number of rotatable bonds is 8. The number of alkyl halides is 5. The zero-order valence-electron chi connectivity index (χ0n) is 22.4. The van der Waals surface area contributed by atoms with Gasteiger partial charge in [0.15, 0.2) is 0 Å². The lowest BCUT2D eigenvalue weighted by molar-refractivity contribution is -0.168. The molecule has 1 aromatic carbocycles. The first-order valence-electron chi connectivity index (χ1n) is 13.4. The normalized spacial score (nSPS) is 26.5. The summed E-state index contributed by atoms with van der Waals surface area (Å²) in [5, 5.41) is 22.3. The van der Waals surface area contributed by atoms with E-state index in [0.29, 0.717) is 30.4 Å². The quantitative estimate of drug-likeness (QED) is 0.281. The molecule has 0 bridgehead atoms. The van der Waals surface area contributed by atoms with Crippen molar-refractivity contribution in [1.82, 2.24) is 20.2 Å². The summed E-state index contributed by atoms with van der Waals surface area (Å²) in [5.74, 6) is -2.02. The smallest absolute Gasteiger partial charge is 0.384 e. The highest BCUT2D eigenvalue weighted by Gasteiger charge is 2.51. The summed E-state index contributed by atoms with van der Waals surface area (Å²) < 4.78 is 67.2. The van der Waals surface area contributed by atoms with Crippen molar-refractivity contribution in [3.8, 4) is 11.4 Å². The summed E-state index contributed by atoms with van der Waals surface area (Å²) in [4.78, 5) is 1.44. The van der Waals surface area contributed by atoms with Gasteiger partial charge < -0.3 is 5.11 Å². The van der Waals surface area contributed by atoms with Crippen LogP contribution in [0.1, 0.15) is 78.2 Å². The first kappa shape index (κ1) is 28.6. The Kier molecular flexibility index (Phi) is 7.78. The van der Waals surface area contributed by atoms with Crippen LogP contribution in [0.3, 0.4) is 0 Å². The first-order valence-corrected chi connectivity index (χ1v) is 13.4. The minimum atomic E-state index is -4.40. The van der Waals surface area contributed by atoms with E-state index in [1.165, 1.54) is 36.3 Å². The van der Waals surface area contributed by atoms with Crippen LogP contribution < -0.4 is 0 Å². The van der Waals surface area contributed by atoms with Crippen molar-refractivity contribution in [3.05, 3.63) is 41.5 Å². The van der Waals surface area contributed by atoms with Gasteiger partial charge in [0.25, 0.3) is 5.92 Å². The summed E-state index contributed by atoms with van der Waals surface area (Å²) in [7, 11) is 0. The Bertz CT molecular complexity index is 1140. The second-order valence-electron chi connectivity index (χ2n) is 11.9. The van der Waals surface area contributed by atoms with E-state index in [1.54, 1.807) is 0 Å². The minimum Gasteiger partial charge on any atom is -0.384 e. The summed E-state index contributed by atoms with van der Waals surface area (Å²) >= 11 is 0. The van der Waals surface area contributed by atoms with Gasteiger partial charge in [-0.05, 0) is 92.9 Å². The fourth-order valence-corrected chi connectivity index (χ4v) is 6.62. The Morgan fingerprint density at radius 2 is 1.82 bits per heavy atom. The van der Waals surface area contributed by atoms with Gasteiger partial charge in [-0.15, -0.1) is 10.2 Å². The first-order chi connectivity index (χ1) is 17.6. The number of benzene rings is 1. The summed E-state index contributed by atoms with van der Waals surface area (Å²) in [6.07, 6.45) is 2.86. The Balaban J connectivity index is 1.41. The third-order valence-electron chi connectivity index (χ3n) is 8.97. The van der Waals surface area contributed by atoms with E-state index in [-0.39, 0.29) is 23.6 Å². The van der Waals surface area contributed by atoms with Crippen LogP contribution in [-0.2, 0) is 12.7 Å². The lowest BCUT2D eigenvalue weighted by Crippen LogP contribution is -2.43. The van der Waals surface area contributed by atoms with Gasteiger partial charge in [0.1, 0.15) is 5.60 Å². The molecule has 210 valence electrons. The van der Waals surface area contributed by atoms with Crippen LogP contribution >= 0.6 is 0 Å². The predicted octanol–water partition coefficient (Wildman–Crippen LogP) is 7.32. The molecule has 1 aromatic heterocycles. The van der Waals surface area contributed by atoms with Crippen molar-refractivity contribution >= 4 is 0 Å². The molecule has 2 aliphatic carbocycles. The lowest BCUT2D eigenvalue weighted by Gasteiger charge is -2.44. The van der Waals surface area contributed by atoms with Gasteiger partial charge in [-0.2, -0.15) is 18.0 Å². The van der Waals surface area contributed by atoms with E-state index in [1.807, 2.05) is 0 Å². The van der Waals surface area contributed by atoms with Gasteiger partial charge in [-0.1, -0.05) is 37.6 Å². The molecule has 0 saturated heterocycles. The largest absolute Gasteiger partial charge is 0.416 e. The Morgan fingerprint density at radius 1 is 1.13 bits per heavy atom. The van der Waals surface area contributed by atoms with Gasteiger partial charge in [0.2, 0.25) is 5.82 Å². The van der Waals surface area contributed by atoms with E-state index in [4.69, 9.17) is 0 Å². The Morgan fingerprint density at radius 3 is 2.45 bits per heavy atom. The molecule has 2 saturated carbocycles. The molecule has 2 aromatic rings. The van der Waals surface area contributed by atoms with Gasteiger partial charge in [-0.3, -0.25) is 0 Å².